The molecule has 0 amide bonds. The second-order valence-electron chi connectivity index (χ2n) is 4.14. The molecule has 2 aromatic rings. The average Bonchev–Trinajstić information content (AvgIpc) is 2.83. The Morgan fingerprint density at radius 3 is 3.13 bits per heavy atom. The summed E-state index contributed by atoms with van der Waals surface area (Å²) >= 11 is 1.83. The zero-order chi connectivity index (χ0) is 10.3. The Morgan fingerprint density at radius 1 is 1.53 bits per heavy atom. The maximum absolute atomic E-state index is 3.20. The first-order valence-corrected chi connectivity index (χ1v) is 6.26. The van der Waals surface area contributed by atoms with Crippen molar-refractivity contribution < 1.29 is 0 Å². The fourth-order valence-electron chi connectivity index (χ4n) is 1.95. The van der Waals surface area contributed by atoms with Gasteiger partial charge in [-0.15, -0.1) is 11.3 Å². The summed E-state index contributed by atoms with van der Waals surface area (Å²) in [7, 11) is 0. The zero-order valence-electron chi connectivity index (χ0n) is 8.79. The largest absolute Gasteiger partial charge is 0.326 e. The maximum Gasteiger partial charge on any atom is 0.103 e. The molecule has 0 radical (unpaired) electrons. The lowest BCUT2D eigenvalue weighted by Crippen LogP contribution is -2.00. The van der Waals surface area contributed by atoms with Crippen molar-refractivity contribution in [3.8, 4) is 11.8 Å². The van der Waals surface area contributed by atoms with Crippen LogP contribution in [0.1, 0.15) is 25.5 Å². The maximum atomic E-state index is 3.20. The summed E-state index contributed by atoms with van der Waals surface area (Å²) in [5.41, 5.74) is 1.19. The van der Waals surface area contributed by atoms with Crippen LogP contribution in [0.15, 0.2) is 17.5 Å². The average molecular weight is 215 g/mol. The molecule has 1 nitrogen and oxygen atoms in total. The van der Waals surface area contributed by atoms with E-state index in [1.54, 1.807) is 0 Å². The van der Waals surface area contributed by atoms with Crippen LogP contribution >= 0.6 is 11.3 Å². The van der Waals surface area contributed by atoms with Crippen LogP contribution in [0, 0.1) is 17.8 Å². The molecule has 1 aliphatic rings. The SMILES string of the molecule is CC#Cc1cc2ccsc2n1CC1CC1. The van der Waals surface area contributed by atoms with Crippen molar-refractivity contribution in [3.63, 3.8) is 0 Å². The topological polar surface area (TPSA) is 4.93 Å². The zero-order valence-corrected chi connectivity index (χ0v) is 9.60. The number of hydrogen-bond donors (Lipinski definition) is 0. The highest BCUT2D eigenvalue weighted by molar-refractivity contribution is 7.16. The van der Waals surface area contributed by atoms with Crippen molar-refractivity contribution in [2.75, 3.05) is 0 Å². The van der Waals surface area contributed by atoms with E-state index in [1.165, 1.54) is 28.8 Å². The van der Waals surface area contributed by atoms with Crippen LogP contribution in [0.2, 0.25) is 0 Å². The molecule has 0 atom stereocenters. The van der Waals surface area contributed by atoms with Gasteiger partial charge in [0.25, 0.3) is 0 Å². The smallest absolute Gasteiger partial charge is 0.103 e. The summed E-state index contributed by atoms with van der Waals surface area (Å²) in [6.45, 7) is 3.07. The van der Waals surface area contributed by atoms with Crippen molar-refractivity contribution in [2.24, 2.45) is 5.92 Å². The summed E-state index contributed by atoms with van der Waals surface area (Å²) in [6.07, 6.45) is 2.79. The van der Waals surface area contributed by atoms with Crippen LogP contribution in [0.5, 0.6) is 0 Å². The van der Waals surface area contributed by atoms with Crippen molar-refractivity contribution in [3.05, 3.63) is 23.2 Å². The van der Waals surface area contributed by atoms with E-state index >= 15 is 0 Å². The van der Waals surface area contributed by atoms with Gasteiger partial charge < -0.3 is 4.57 Å². The molecule has 76 valence electrons. The second kappa shape index (κ2) is 3.43. The van der Waals surface area contributed by atoms with E-state index in [4.69, 9.17) is 0 Å². The Kier molecular flexibility index (Phi) is 2.07. The molecule has 2 aromatic heterocycles. The molecule has 0 unspecified atom stereocenters. The van der Waals surface area contributed by atoms with Gasteiger partial charge in [-0.25, -0.2) is 0 Å². The van der Waals surface area contributed by atoms with Crippen LogP contribution in [0.25, 0.3) is 10.2 Å². The molecule has 0 N–H and O–H groups in total. The molecular weight excluding hydrogens is 202 g/mol. The van der Waals surface area contributed by atoms with Crippen LogP contribution in [0.3, 0.4) is 0 Å². The highest BCUT2D eigenvalue weighted by atomic mass is 32.1. The first-order valence-electron chi connectivity index (χ1n) is 5.38. The highest BCUT2D eigenvalue weighted by Crippen LogP contribution is 2.34. The molecule has 1 saturated carbocycles. The highest BCUT2D eigenvalue weighted by Gasteiger charge is 2.23. The third kappa shape index (κ3) is 1.57. The van der Waals surface area contributed by atoms with Gasteiger partial charge in [0.2, 0.25) is 0 Å². The lowest BCUT2D eigenvalue weighted by molar-refractivity contribution is 0.645. The van der Waals surface area contributed by atoms with Gasteiger partial charge in [-0.2, -0.15) is 0 Å². The summed E-state index contributed by atoms with van der Waals surface area (Å²) in [6, 6.07) is 4.40. The molecule has 3 rings (SSSR count). The van der Waals surface area contributed by atoms with Gasteiger partial charge in [0.05, 0.1) is 5.69 Å². The van der Waals surface area contributed by atoms with Gasteiger partial charge in [-0.1, -0.05) is 5.92 Å². The van der Waals surface area contributed by atoms with E-state index in [1.807, 2.05) is 18.3 Å². The van der Waals surface area contributed by atoms with Gasteiger partial charge in [0.1, 0.15) is 4.83 Å². The molecule has 15 heavy (non-hydrogen) atoms. The Hall–Kier alpha value is -1.20. The first kappa shape index (κ1) is 9.06. The molecular formula is C13H13NS. The van der Waals surface area contributed by atoms with Gasteiger partial charge in [-0.3, -0.25) is 0 Å². The Labute approximate surface area is 93.7 Å². The first-order chi connectivity index (χ1) is 7.38. The normalized spacial score (nSPS) is 15.3. The Bertz CT molecular complexity index is 546. The van der Waals surface area contributed by atoms with Crippen molar-refractivity contribution in [1.29, 1.82) is 0 Å². The quantitative estimate of drug-likeness (QED) is 0.676. The molecule has 1 fully saturated rings. The minimum atomic E-state index is 0.903. The predicted molar refractivity (Wildman–Crippen MR) is 65.1 cm³/mol. The summed E-state index contributed by atoms with van der Waals surface area (Å²) in [5.74, 6) is 7.11. The number of fused-ring (bicyclic) bond motifs is 1. The van der Waals surface area contributed by atoms with Gasteiger partial charge in [0.15, 0.2) is 0 Å². The minimum absolute atomic E-state index is 0.903. The van der Waals surface area contributed by atoms with Gasteiger partial charge >= 0.3 is 0 Å². The fourth-order valence-corrected chi connectivity index (χ4v) is 2.85. The lowest BCUT2D eigenvalue weighted by Gasteiger charge is -2.04. The number of rotatable bonds is 2. The van der Waals surface area contributed by atoms with Crippen molar-refractivity contribution in [2.45, 2.75) is 26.3 Å². The van der Waals surface area contributed by atoms with E-state index in [0.717, 1.165) is 12.5 Å². The van der Waals surface area contributed by atoms with Crippen LogP contribution < -0.4 is 0 Å². The third-order valence-electron chi connectivity index (χ3n) is 2.89. The van der Waals surface area contributed by atoms with Crippen molar-refractivity contribution in [1.82, 2.24) is 4.57 Å². The number of thiophene rings is 1. The van der Waals surface area contributed by atoms with E-state index in [-0.39, 0.29) is 0 Å². The Balaban J connectivity index is 2.12. The summed E-state index contributed by atoms with van der Waals surface area (Å²) in [5, 5.41) is 3.51. The molecule has 0 aromatic carbocycles. The minimum Gasteiger partial charge on any atom is -0.326 e. The molecule has 2 heteroatoms. The number of hydrogen-bond acceptors (Lipinski definition) is 1. The molecule has 0 aliphatic heterocycles. The molecule has 1 aliphatic carbocycles. The van der Waals surface area contributed by atoms with Gasteiger partial charge in [-0.05, 0) is 49.1 Å². The lowest BCUT2D eigenvalue weighted by atomic mass is 10.3. The molecule has 2 heterocycles. The standard InChI is InChI=1S/C13H13NS/c1-2-3-12-8-11-6-7-15-13(11)14(12)9-10-4-5-10/h6-8,10H,4-5,9H2,1H3. The monoisotopic (exact) mass is 215 g/mol. The van der Waals surface area contributed by atoms with E-state index in [0.29, 0.717) is 0 Å². The van der Waals surface area contributed by atoms with E-state index in [9.17, 15) is 0 Å². The second-order valence-corrected chi connectivity index (χ2v) is 5.03. The predicted octanol–water partition coefficient (Wildman–Crippen LogP) is 3.48. The number of nitrogens with zero attached hydrogens (tertiary/aromatic N) is 1. The molecule has 0 saturated heterocycles. The Morgan fingerprint density at radius 2 is 2.40 bits per heavy atom. The van der Waals surface area contributed by atoms with E-state index < -0.39 is 0 Å². The number of aromatic nitrogens is 1. The fraction of sp³-hybridized carbons (Fsp3) is 0.385. The van der Waals surface area contributed by atoms with Crippen molar-refractivity contribution >= 4 is 21.6 Å². The van der Waals surface area contributed by atoms with Crippen LogP contribution in [-0.4, -0.2) is 4.57 Å². The van der Waals surface area contributed by atoms with Crippen LogP contribution in [0.4, 0.5) is 0 Å². The van der Waals surface area contributed by atoms with Crippen LogP contribution in [-0.2, 0) is 6.54 Å². The third-order valence-corrected chi connectivity index (χ3v) is 3.84. The summed E-state index contributed by atoms with van der Waals surface area (Å²) in [4.78, 5) is 1.39. The molecule has 0 bridgehead atoms. The van der Waals surface area contributed by atoms with E-state index in [2.05, 4.69) is 33.9 Å². The van der Waals surface area contributed by atoms with Gasteiger partial charge in [0, 0.05) is 11.9 Å². The summed E-state index contributed by atoms with van der Waals surface area (Å²) < 4.78 is 2.40. The molecule has 0 spiro atoms.